The van der Waals surface area contributed by atoms with Crippen LogP contribution in [0.15, 0.2) is 42.5 Å². The normalized spacial score (nSPS) is 10.4. The molecule has 0 aliphatic rings. The van der Waals surface area contributed by atoms with Crippen LogP contribution in [-0.4, -0.2) is 18.4 Å². The number of carbonyl (C=O) groups excluding carboxylic acids is 2. The van der Waals surface area contributed by atoms with Crippen LogP contribution in [0.5, 0.6) is 0 Å². The minimum Gasteiger partial charge on any atom is -0.348 e. The van der Waals surface area contributed by atoms with Crippen molar-refractivity contribution in [3.8, 4) is 0 Å². The molecule has 0 aliphatic heterocycles. The van der Waals surface area contributed by atoms with Gasteiger partial charge in [0.25, 0.3) is 0 Å². The third-order valence-electron chi connectivity index (χ3n) is 4.14. The van der Waals surface area contributed by atoms with Crippen molar-refractivity contribution >= 4 is 17.5 Å². The van der Waals surface area contributed by atoms with Crippen molar-refractivity contribution in [3.63, 3.8) is 0 Å². The van der Waals surface area contributed by atoms with Crippen LogP contribution in [0.1, 0.15) is 35.1 Å². The van der Waals surface area contributed by atoms with Crippen molar-refractivity contribution in [2.75, 3.05) is 11.9 Å². The third-order valence-corrected chi connectivity index (χ3v) is 4.14. The van der Waals surface area contributed by atoms with E-state index in [2.05, 4.69) is 22.8 Å². The Morgan fingerprint density at radius 2 is 1.52 bits per heavy atom. The van der Waals surface area contributed by atoms with E-state index < -0.39 is 11.8 Å². The Labute approximate surface area is 149 Å². The van der Waals surface area contributed by atoms with E-state index in [0.717, 1.165) is 41.6 Å². The van der Waals surface area contributed by atoms with E-state index in [0.29, 0.717) is 6.54 Å². The zero-order valence-corrected chi connectivity index (χ0v) is 15.2. The van der Waals surface area contributed by atoms with Gasteiger partial charge in [-0.2, -0.15) is 0 Å². The van der Waals surface area contributed by atoms with Gasteiger partial charge >= 0.3 is 11.8 Å². The SMILES string of the molecule is Cc1cc(C)c(NC(=O)C(=O)NCCCCc2ccccc2)c(C)c1. The zero-order valence-electron chi connectivity index (χ0n) is 15.2. The molecule has 25 heavy (non-hydrogen) atoms. The number of amides is 2. The summed E-state index contributed by atoms with van der Waals surface area (Å²) in [5.41, 5.74) is 5.06. The van der Waals surface area contributed by atoms with Gasteiger partial charge in [0.15, 0.2) is 0 Å². The lowest BCUT2D eigenvalue weighted by Gasteiger charge is -2.12. The summed E-state index contributed by atoms with van der Waals surface area (Å²) >= 11 is 0. The van der Waals surface area contributed by atoms with Gasteiger partial charge in [-0.1, -0.05) is 48.0 Å². The lowest BCUT2D eigenvalue weighted by molar-refractivity contribution is -0.136. The average Bonchev–Trinajstić information content (AvgIpc) is 2.58. The zero-order chi connectivity index (χ0) is 18.2. The fourth-order valence-electron chi connectivity index (χ4n) is 2.93. The summed E-state index contributed by atoms with van der Waals surface area (Å²) in [4.78, 5) is 24.0. The molecule has 132 valence electrons. The van der Waals surface area contributed by atoms with Crippen LogP contribution in [-0.2, 0) is 16.0 Å². The van der Waals surface area contributed by atoms with Crippen molar-refractivity contribution in [2.24, 2.45) is 0 Å². The van der Waals surface area contributed by atoms with E-state index in [1.54, 1.807) is 0 Å². The molecule has 0 heterocycles. The minimum absolute atomic E-state index is 0.505. The number of unbranched alkanes of at least 4 members (excludes halogenated alkanes) is 1. The molecule has 0 bridgehead atoms. The Morgan fingerprint density at radius 1 is 0.880 bits per heavy atom. The molecule has 4 nitrogen and oxygen atoms in total. The number of aryl methyl sites for hydroxylation is 4. The molecule has 0 radical (unpaired) electrons. The predicted molar refractivity (Wildman–Crippen MR) is 102 cm³/mol. The second kappa shape index (κ2) is 9.02. The Balaban J connectivity index is 1.74. The van der Waals surface area contributed by atoms with Crippen LogP contribution in [0.4, 0.5) is 5.69 Å². The van der Waals surface area contributed by atoms with Crippen molar-refractivity contribution in [1.29, 1.82) is 0 Å². The van der Waals surface area contributed by atoms with Crippen LogP contribution in [0.25, 0.3) is 0 Å². The van der Waals surface area contributed by atoms with E-state index in [1.165, 1.54) is 5.56 Å². The molecule has 0 spiro atoms. The molecule has 0 atom stereocenters. The molecule has 4 heteroatoms. The molecule has 0 fully saturated rings. The number of anilines is 1. The molecule has 2 aromatic rings. The summed E-state index contributed by atoms with van der Waals surface area (Å²) in [7, 11) is 0. The smallest absolute Gasteiger partial charge is 0.313 e. The number of rotatable bonds is 6. The lowest BCUT2D eigenvalue weighted by atomic mass is 10.1. The van der Waals surface area contributed by atoms with Crippen molar-refractivity contribution in [1.82, 2.24) is 5.32 Å². The van der Waals surface area contributed by atoms with E-state index in [-0.39, 0.29) is 0 Å². The fourth-order valence-corrected chi connectivity index (χ4v) is 2.93. The highest BCUT2D eigenvalue weighted by Gasteiger charge is 2.15. The van der Waals surface area contributed by atoms with Gasteiger partial charge in [0, 0.05) is 12.2 Å². The summed E-state index contributed by atoms with van der Waals surface area (Å²) in [5.74, 6) is -1.20. The second-order valence-corrected chi connectivity index (χ2v) is 6.43. The van der Waals surface area contributed by atoms with Gasteiger partial charge < -0.3 is 10.6 Å². The van der Waals surface area contributed by atoms with Gasteiger partial charge in [-0.05, 0) is 56.7 Å². The summed E-state index contributed by atoms with van der Waals surface area (Å²) in [5, 5.41) is 5.41. The van der Waals surface area contributed by atoms with Crippen LogP contribution in [0.3, 0.4) is 0 Å². The van der Waals surface area contributed by atoms with Gasteiger partial charge in [0.2, 0.25) is 0 Å². The number of benzene rings is 2. The number of hydrogen-bond acceptors (Lipinski definition) is 2. The Hall–Kier alpha value is -2.62. The average molecular weight is 338 g/mol. The molecular weight excluding hydrogens is 312 g/mol. The third kappa shape index (κ3) is 5.75. The maximum atomic E-state index is 12.1. The highest BCUT2D eigenvalue weighted by Crippen LogP contribution is 2.21. The lowest BCUT2D eigenvalue weighted by Crippen LogP contribution is -2.36. The molecule has 0 aliphatic carbocycles. The van der Waals surface area contributed by atoms with Gasteiger partial charge in [-0.15, -0.1) is 0 Å². The first-order valence-electron chi connectivity index (χ1n) is 8.68. The largest absolute Gasteiger partial charge is 0.348 e. The maximum Gasteiger partial charge on any atom is 0.313 e. The Morgan fingerprint density at radius 3 is 2.16 bits per heavy atom. The molecule has 2 aromatic carbocycles. The number of hydrogen-bond donors (Lipinski definition) is 2. The molecule has 0 unspecified atom stereocenters. The van der Waals surface area contributed by atoms with Crippen molar-refractivity contribution in [2.45, 2.75) is 40.0 Å². The molecule has 0 saturated heterocycles. The summed E-state index contributed by atoms with van der Waals surface area (Å²) in [6.45, 7) is 6.37. The minimum atomic E-state index is -0.613. The highest BCUT2D eigenvalue weighted by molar-refractivity contribution is 6.39. The topological polar surface area (TPSA) is 58.2 Å². The van der Waals surface area contributed by atoms with Gasteiger partial charge in [0.05, 0.1) is 0 Å². The highest BCUT2D eigenvalue weighted by atomic mass is 16.2. The molecule has 2 rings (SSSR count). The van der Waals surface area contributed by atoms with Crippen LogP contribution < -0.4 is 10.6 Å². The fraction of sp³-hybridized carbons (Fsp3) is 0.333. The second-order valence-electron chi connectivity index (χ2n) is 6.43. The van der Waals surface area contributed by atoms with E-state index in [1.807, 2.05) is 51.1 Å². The molecule has 2 amide bonds. The van der Waals surface area contributed by atoms with Crippen molar-refractivity contribution in [3.05, 3.63) is 64.7 Å². The van der Waals surface area contributed by atoms with Crippen LogP contribution in [0, 0.1) is 20.8 Å². The number of carbonyl (C=O) groups is 2. The summed E-state index contributed by atoms with van der Waals surface area (Å²) in [6, 6.07) is 14.2. The van der Waals surface area contributed by atoms with E-state index >= 15 is 0 Å². The Bertz CT molecular complexity index is 716. The van der Waals surface area contributed by atoms with Gasteiger partial charge in [-0.25, -0.2) is 0 Å². The number of nitrogens with one attached hydrogen (secondary N) is 2. The first-order chi connectivity index (χ1) is 12.0. The quantitative estimate of drug-likeness (QED) is 0.623. The standard InChI is InChI=1S/C21H26N2O2/c1-15-13-16(2)19(17(3)14-15)23-21(25)20(24)22-12-8-7-11-18-9-5-4-6-10-18/h4-6,9-10,13-14H,7-8,11-12H2,1-3H3,(H,22,24)(H,23,25). The first-order valence-corrected chi connectivity index (χ1v) is 8.68. The monoisotopic (exact) mass is 338 g/mol. The predicted octanol–water partition coefficient (Wildman–Crippen LogP) is 3.69. The van der Waals surface area contributed by atoms with E-state index in [9.17, 15) is 9.59 Å². The maximum absolute atomic E-state index is 12.1. The summed E-state index contributed by atoms with van der Waals surface area (Å²) in [6.07, 6.45) is 2.79. The van der Waals surface area contributed by atoms with Crippen LogP contribution >= 0.6 is 0 Å². The first kappa shape index (κ1) is 18.7. The van der Waals surface area contributed by atoms with Gasteiger partial charge in [-0.3, -0.25) is 9.59 Å². The van der Waals surface area contributed by atoms with Crippen LogP contribution in [0.2, 0.25) is 0 Å². The molecule has 2 N–H and O–H groups in total. The summed E-state index contributed by atoms with van der Waals surface area (Å²) < 4.78 is 0. The molecule has 0 saturated carbocycles. The molecular formula is C21H26N2O2. The van der Waals surface area contributed by atoms with Crippen molar-refractivity contribution < 1.29 is 9.59 Å². The molecule has 0 aromatic heterocycles. The van der Waals surface area contributed by atoms with Gasteiger partial charge in [0.1, 0.15) is 0 Å². The van der Waals surface area contributed by atoms with E-state index in [4.69, 9.17) is 0 Å². The Kier molecular flexibility index (Phi) is 6.75.